The Balaban J connectivity index is 3.99. The monoisotopic (exact) mass is 233 g/mol. The Labute approximate surface area is 93.0 Å². The van der Waals surface area contributed by atoms with Crippen LogP contribution in [0.25, 0.3) is 0 Å². The van der Waals surface area contributed by atoms with Gasteiger partial charge < -0.3 is 9.29 Å². The van der Waals surface area contributed by atoms with Crippen LogP contribution >= 0.6 is 0 Å². The zero-order valence-electron chi connectivity index (χ0n) is 9.32. The van der Waals surface area contributed by atoms with E-state index < -0.39 is 21.8 Å². The summed E-state index contributed by atoms with van der Waals surface area (Å²) in [6, 6.07) is 0. The lowest BCUT2D eigenvalue weighted by Crippen LogP contribution is -2.25. The number of carbonyl (C=O) groups excluding carboxylic acids is 1. The number of hydrogen-bond donors (Lipinski definition) is 0. The Bertz CT molecular complexity index is 258. The highest BCUT2D eigenvalue weighted by Gasteiger charge is 2.16. The molecule has 5 heteroatoms. The highest BCUT2D eigenvalue weighted by Crippen LogP contribution is 2.16. The van der Waals surface area contributed by atoms with Gasteiger partial charge in [0.15, 0.2) is 0 Å². The second kappa shape index (κ2) is 6.74. The van der Waals surface area contributed by atoms with Gasteiger partial charge in [-0.15, -0.1) is 0 Å². The molecule has 0 N–H and O–H groups in total. The first-order valence-electron chi connectivity index (χ1n) is 4.83. The molecule has 0 rings (SSSR count). The number of hydrogen-bond acceptors (Lipinski definition) is 4. The molecule has 0 aromatic rings. The van der Waals surface area contributed by atoms with E-state index in [1.165, 1.54) is 12.2 Å². The van der Waals surface area contributed by atoms with Crippen molar-refractivity contribution in [3.05, 3.63) is 12.2 Å². The smallest absolute Gasteiger partial charge is 0.330 e. The summed E-state index contributed by atoms with van der Waals surface area (Å²) < 4.78 is 25.4. The third kappa shape index (κ3) is 6.41. The second-order valence-corrected chi connectivity index (χ2v) is 5.34. The molecule has 0 fully saturated rings. The van der Waals surface area contributed by atoms with E-state index in [9.17, 15) is 13.6 Å². The van der Waals surface area contributed by atoms with Crippen LogP contribution in [0.2, 0.25) is 0 Å². The molecule has 0 amide bonds. The van der Waals surface area contributed by atoms with Gasteiger partial charge in [0.05, 0.1) is 6.61 Å². The Hall–Kier alpha value is -0.680. The summed E-state index contributed by atoms with van der Waals surface area (Å²) in [4.78, 5) is 11.0. The normalized spacial score (nSPS) is 14.1. The molecule has 0 saturated carbocycles. The van der Waals surface area contributed by atoms with Gasteiger partial charge in [-0.05, 0) is 37.8 Å². The fourth-order valence-corrected chi connectivity index (χ4v) is 0.990. The van der Waals surface area contributed by atoms with Crippen molar-refractivity contribution in [1.82, 2.24) is 0 Å². The predicted octanol–water partition coefficient (Wildman–Crippen LogP) is 1.54. The molecule has 0 aliphatic rings. The second-order valence-electron chi connectivity index (χ2n) is 3.77. The van der Waals surface area contributed by atoms with Crippen LogP contribution < -0.4 is 0 Å². The summed E-state index contributed by atoms with van der Waals surface area (Å²) in [5.74, 6) is -0.427. The highest BCUT2D eigenvalue weighted by atomic mass is 32.2. The molecule has 1 unspecified atom stereocenters. The molecule has 0 aliphatic heterocycles. The third-order valence-corrected chi connectivity index (χ3v) is 2.83. The van der Waals surface area contributed by atoms with Crippen molar-refractivity contribution >= 4 is 17.0 Å². The van der Waals surface area contributed by atoms with Gasteiger partial charge in [-0.3, -0.25) is 4.21 Å². The van der Waals surface area contributed by atoms with E-state index in [0.717, 1.165) is 6.42 Å². The van der Waals surface area contributed by atoms with E-state index in [1.54, 1.807) is 13.8 Å². The van der Waals surface area contributed by atoms with Crippen LogP contribution in [0, 0.1) is 0 Å². The molecule has 15 heavy (non-hydrogen) atoms. The van der Waals surface area contributed by atoms with Gasteiger partial charge in [0.1, 0.15) is 0 Å². The average molecular weight is 233 g/mol. The topological polar surface area (TPSA) is 66.4 Å². The minimum Gasteiger partial charge on any atom is -0.772 e. The van der Waals surface area contributed by atoms with Crippen molar-refractivity contribution in [3.8, 4) is 0 Å². The first-order chi connectivity index (χ1) is 6.90. The van der Waals surface area contributed by atoms with Crippen LogP contribution in [0.5, 0.6) is 0 Å². The van der Waals surface area contributed by atoms with Crippen LogP contribution in [0.3, 0.4) is 0 Å². The molecular formula is C10H17O4S-. The van der Waals surface area contributed by atoms with Gasteiger partial charge in [-0.1, -0.05) is 13.0 Å². The number of ether oxygens (including phenoxy) is 1. The van der Waals surface area contributed by atoms with Gasteiger partial charge in [0.25, 0.3) is 0 Å². The van der Waals surface area contributed by atoms with Crippen molar-refractivity contribution in [2.24, 2.45) is 0 Å². The molecule has 0 radical (unpaired) electrons. The molecule has 88 valence electrons. The minimum atomic E-state index is -2.15. The zero-order chi connectivity index (χ0) is 11.9. The van der Waals surface area contributed by atoms with Crippen molar-refractivity contribution in [1.29, 1.82) is 0 Å². The molecule has 0 aromatic carbocycles. The Morgan fingerprint density at radius 1 is 1.53 bits per heavy atom. The fourth-order valence-electron chi connectivity index (χ4n) is 0.758. The summed E-state index contributed by atoms with van der Waals surface area (Å²) in [5, 5.41) is 0. The van der Waals surface area contributed by atoms with E-state index in [2.05, 4.69) is 0 Å². The predicted molar refractivity (Wildman–Crippen MR) is 58.0 cm³/mol. The number of allylic oxidation sites excluding steroid dienone is 1. The van der Waals surface area contributed by atoms with Crippen LogP contribution in [-0.2, 0) is 20.6 Å². The molecule has 0 spiro atoms. The largest absolute Gasteiger partial charge is 0.772 e. The molecule has 4 nitrogen and oxygen atoms in total. The maximum Gasteiger partial charge on any atom is 0.330 e. The third-order valence-electron chi connectivity index (χ3n) is 1.76. The standard InChI is InChI=1S/C10H18O4S/c1-4-8-14-9(11)6-5-7-10(2,3)15(12)13/h5-6H,4,7-8H2,1-3H3,(H,12,13)/p-1. The van der Waals surface area contributed by atoms with Crippen LogP contribution in [0.4, 0.5) is 0 Å². The van der Waals surface area contributed by atoms with E-state index in [0.29, 0.717) is 13.0 Å². The van der Waals surface area contributed by atoms with E-state index in [4.69, 9.17) is 4.74 Å². The Morgan fingerprint density at radius 3 is 2.60 bits per heavy atom. The van der Waals surface area contributed by atoms with E-state index in [-0.39, 0.29) is 0 Å². The lowest BCUT2D eigenvalue weighted by atomic mass is 10.1. The number of rotatable bonds is 6. The minimum absolute atomic E-state index is 0.296. The van der Waals surface area contributed by atoms with Crippen molar-refractivity contribution in [3.63, 3.8) is 0 Å². The van der Waals surface area contributed by atoms with Crippen LogP contribution in [0.1, 0.15) is 33.6 Å². The van der Waals surface area contributed by atoms with Crippen LogP contribution in [0.15, 0.2) is 12.2 Å². The Morgan fingerprint density at radius 2 is 2.13 bits per heavy atom. The zero-order valence-corrected chi connectivity index (χ0v) is 10.1. The first-order valence-corrected chi connectivity index (χ1v) is 5.90. The van der Waals surface area contributed by atoms with Gasteiger partial charge in [-0.25, -0.2) is 4.79 Å². The molecule has 0 aromatic heterocycles. The van der Waals surface area contributed by atoms with Gasteiger partial charge >= 0.3 is 5.97 Å². The number of esters is 1. The van der Waals surface area contributed by atoms with Crippen molar-refractivity contribution in [2.45, 2.75) is 38.4 Å². The van der Waals surface area contributed by atoms with Gasteiger partial charge in [0.2, 0.25) is 0 Å². The lowest BCUT2D eigenvalue weighted by Gasteiger charge is -2.25. The maximum absolute atomic E-state index is 11.0. The summed E-state index contributed by atoms with van der Waals surface area (Å²) in [5.41, 5.74) is 0. The maximum atomic E-state index is 11.0. The van der Waals surface area contributed by atoms with Crippen molar-refractivity contribution < 1.29 is 18.3 Å². The van der Waals surface area contributed by atoms with Gasteiger partial charge in [-0.2, -0.15) is 0 Å². The quantitative estimate of drug-likeness (QED) is 0.396. The molecule has 1 atom stereocenters. The molecule has 0 heterocycles. The molecule has 0 bridgehead atoms. The highest BCUT2D eigenvalue weighted by molar-refractivity contribution is 7.80. The molecule has 0 aliphatic carbocycles. The van der Waals surface area contributed by atoms with Gasteiger partial charge in [0, 0.05) is 10.8 Å². The van der Waals surface area contributed by atoms with Crippen LogP contribution in [-0.4, -0.2) is 26.1 Å². The average Bonchev–Trinajstić information content (AvgIpc) is 2.14. The fraction of sp³-hybridized carbons (Fsp3) is 0.700. The number of carbonyl (C=O) groups is 1. The summed E-state index contributed by atoms with van der Waals surface area (Å²) in [6.07, 6.45) is 3.86. The molecular weight excluding hydrogens is 216 g/mol. The SMILES string of the molecule is CCCOC(=O)C=CCC(C)(C)S(=O)[O-]. The first kappa shape index (κ1) is 14.3. The van der Waals surface area contributed by atoms with E-state index in [1.807, 2.05) is 6.92 Å². The summed E-state index contributed by atoms with van der Waals surface area (Å²) in [6.45, 7) is 5.48. The van der Waals surface area contributed by atoms with Crippen molar-refractivity contribution in [2.75, 3.05) is 6.61 Å². The Kier molecular flexibility index (Phi) is 6.43. The lowest BCUT2D eigenvalue weighted by molar-refractivity contribution is -0.137. The summed E-state index contributed by atoms with van der Waals surface area (Å²) >= 11 is -2.15. The molecule has 0 saturated heterocycles. The van der Waals surface area contributed by atoms with E-state index >= 15 is 0 Å². The summed E-state index contributed by atoms with van der Waals surface area (Å²) in [7, 11) is 0.